The van der Waals surface area contributed by atoms with E-state index in [1.807, 2.05) is 0 Å². The molecule has 0 spiro atoms. The number of H-pyrrole nitrogens is 1. The number of hydrogen-bond acceptors (Lipinski definition) is 9. The van der Waals surface area contributed by atoms with E-state index in [4.69, 9.17) is 30.1 Å². The number of aromatic nitrogens is 2. The molecule has 2 heterocycles. The van der Waals surface area contributed by atoms with Gasteiger partial charge in [0.05, 0.1) is 0 Å². The number of ether oxygens (including phenoxy) is 2. The number of nitrogens with one attached hydrogen (secondary N) is 1. The molecule has 14 heteroatoms. The average Bonchev–Trinajstić information content (AvgIpc) is 3.01. The van der Waals surface area contributed by atoms with E-state index in [1.165, 1.54) is 13.1 Å². The van der Waals surface area contributed by atoms with Gasteiger partial charge in [-0.3, -0.25) is 0 Å². The second-order valence-electron chi connectivity index (χ2n) is 8.65. The van der Waals surface area contributed by atoms with E-state index < -0.39 is 73.3 Å². The summed E-state index contributed by atoms with van der Waals surface area (Å²) in [6, 6.07) is 9.46. The van der Waals surface area contributed by atoms with Crippen LogP contribution < -0.4 is 15.8 Å². The van der Waals surface area contributed by atoms with Crippen molar-refractivity contribution in [2.24, 2.45) is 0 Å². The summed E-state index contributed by atoms with van der Waals surface area (Å²) < 4.78 is 36.3. The molecule has 1 aliphatic rings. The first-order valence-corrected chi connectivity index (χ1v) is 17.1. The molecule has 3 rings (SSSR count). The summed E-state index contributed by atoms with van der Waals surface area (Å²) >= 11 is 4.79. The summed E-state index contributed by atoms with van der Waals surface area (Å²) in [7, 11) is 0. The number of aliphatic hydroxyl groups is 1. The maximum atomic E-state index is 13.8. The Bertz CT molecular complexity index is 1190. The van der Waals surface area contributed by atoms with Gasteiger partial charge in [-0.15, -0.1) is 0 Å². The first kappa shape index (κ1) is 28.7. The summed E-state index contributed by atoms with van der Waals surface area (Å²) in [6.45, 7) is 6.00. The van der Waals surface area contributed by atoms with Crippen LogP contribution in [0.25, 0.3) is 0 Å². The first-order chi connectivity index (χ1) is 16.8. The Balaban J connectivity index is 1.81. The van der Waals surface area contributed by atoms with E-state index in [0.717, 1.165) is 10.6 Å². The Hall–Kier alpha value is -1.87. The van der Waals surface area contributed by atoms with Crippen molar-refractivity contribution < 1.29 is 33.0 Å². The number of aromatic amines is 1. The second-order valence-corrected chi connectivity index (χ2v) is 18.0. The number of nitrogens with zero attached hydrogens (tertiary/aromatic N) is 1. The van der Waals surface area contributed by atoms with Crippen LogP contribution in [0, 0.1) is 0 Å². The van der Waals surface area contributed by atoms with Gasteiger partial charge < -0.3 is 0 Å². The molecule has 0 radical (unpaired) electrons. The van der Waals surface area contributed by atoms with E-state index in [1.54, 1.807) is 51.1 Å². The van der Waals surface area contributed by atoms with Gasteiger partial charge in [0, 0.05) is 0 Å². The monoisotopic (exact) mass is 606 g/mol. The summed E-state index contributed by atoms with van der Waals surface area (Å²) in [6.07, 6.45) is -6.91. The topological polar surface area (TPSA) is 146 Å². The summed E-state index contributed by atoms with van der Waals surface area (Å²) in [5, 5.41) is 10.8. The Morgan fingerprint density at radius 2 is 1.94 bits per heavy atom. The molecule has 2 N–H and O–H groups in total. The zero-order chi connectivity index (χ0) is 26.7. The van der Waals surface area contributed by atoms with Gasteiger partial charge in [-0.1, -0.05) is 0 Å². The molecule has 198 valence electrons. The molecule has 1 aromatic carbocycles. The molecule has 7 atom stereocenters. The number of hydrogen-bond donors (Lipinski definition) is 2. The molecule has 0 amide bonds. The van der Waals surface area contributed by atoms with Crippen LogP contribution in [0.5, 0.6) is 5.75 Å². The molecule has 0 saturated carbocycles. The fraction of sp³-hybridized carbons (Fsp3) is 0.500. The number of aliphatic hydroxyl groups excluding tert-OH is 1. The SMILES string of the molecule is CC(C)OC(=O)[C@@H](C)[AsH]P(=O)(OC[C@H]1O[C@@H](n2c(=O)cc[nH]c2=O)[C@](C)(Cl)[C@@H]1O)Oc1ccccc1. The van der Waals surface area contributed by atoms with Crippen LogP contribution in [0.1, 0.15) is 33.9 Å². The van der Waals surface area contributed by atoms with Crippen LogP contribution in [0.3, 0.4) is 0 Å². The molecular formula is C22H29AsClN2O9P. The van der Waals surface area contributed by atoms with Crippen molar-refractivity contribution in [3.05, 3.63) is 63.4 Å². The van der Waals surface area contributed by atoms with E-state index >= 15 is 0 Å². The number of esters is 1. The van der Waals surface area contributed by atoms with E-state index in [9.17, 15) is 24.1 Å². The normalized spacial score (nSPS) is 26.7. The van der Waals surface area contributed by atoms with Crippen LogP contribution in [-0.4, -0.2) is 65.7 Å². The van der Waals surface area contributed by atoms with Gasteiger partial charge in [0.1, 0.15) is 0 Å². The third-order valence-corrected chi connectivity index (χ3v) is 13.6. The van der Waals surface area contributed by atoms with Gasteiger partial charge in [-0.2, -0.15) is 0 Å². The third kappa shape index (κ3) is 6.71. The first-order valence-electron chi connectivity index (χ1n) is 11.1. The van der Waals surface area contributed by atoms with E-state index in [0.29, 0.717) is 0 Å². The predicted molar refractivity (Wildman–Crippen MR) is 134 cm³/mol. The van der Waals surface area contributed by atoms with Crippen LogP contribution in [-0.2, 0) is 23.4 Å². The zero-order valence-electron chi connectivity index (χ0n) is 20.1. The molecule has 1 aromatic heterocycles. The van der Waals surface area contributed by atoms with Crippen molar-refractivity contribution in [1.82, 2.24) is 9.55 Å². The fourth-order valence-electron chi connectivity index (χ4n) is 3.49. The van der Waals surface area contributed by atoms with Crippen LogP contribution >= 0.6 is 17.8 Å². The minimum atomic E-state index is -3.87. The average molecular weight is 607 g/mol. The van der Waals surface area contributed by atoms with Gasteiger partial charge in [0.25, 0.3) is 0 Å². The summed E-state index contributed by atoms with van der Waals surface area (Å²) in [5.74, 6) is -0.233. The number of benzene rings is 1. The van der Waals surface area contributed by atoms with Gasteiger partial charge >= 0.3 is 219 Å². The molecule has 1 fully saturated rings. The van der Waals surface area contributed by atoms with Crippen molar-refractivity contribution in [1.29, 1.82) is 0 Å². The van der Waals surface area contributed by atoms with Crippen LogP contribution in [0.15, 0.2) is 52.2 Å². The van der Waals surface area contributed by atoms with Crippen molar-refractivity contribution in [3.8, 4) is 5.75 Å². The van der Waals surface area contributed by atoms with E-state index in [2.05, 4.69) is 4.98 Å². The predicted octanol–water partition coefficient (Wildman–Crippen LogP) is 2.19. The maximum absolute atomic E-state index is 13.8. The molecule has 1 aliphatic heterocycles. The number of alkyl halides is 1. The molecule has 0 aliphatic carbocycles. The van der Waals surface area contributed by atoms with Crippen molar-refractivity contribution >= 4 is 39.0 Å². The molecule has 1 saturated heterocycles. The molecule has 36 heavy (non-hydrogen) atoms. The molecule has 0 bridgehead atoms. The van der Waals surface area contributed by atoms with Gasteiger partial charge in [0.2, 0.25) is 0 Å². The second kappa shape index (κ2) is 11.7. The van der Waals surface area contributed by atoms with Gasteiger partial charge in [-0.25, -0.2) is 0 Å². The quantitative estimate of drug-likeness (QED) is 0.180. The number of halogens is 1. The van der Waals surface area contributed by atoms with Crippen molar-refractivity contribution in [2.75, 3.05) is 6.61 Å². The number of rotatable bonds is 10. The summed E-state index contributed by atoms with van der Waals surface area (Å²) in [5.41, 5.74) is -1.44. The Labute approximate surface area is 218 Å². The van der Waals surface area contributed by atoms with Crippen LogP contribution in [0.4, 0.5) is 0 Å². The number of carbonyl (C=O) groups is 1. The van der Waals surface area contributed by atoms with Crippen molar-refractivity contribution in [2.45, 2.75) is 61.8 Å². The minimum absolute atomic E-state index is 0.282. The summed E-state index contributed by atoms with van der Waals surface area (Å²) in [4.78, 5) is 37.7. The molecule has 2 aromatic rings. The zero-order valence-corrected chi connectivity index (χ0v) is 23.9. The number of para-hydroxylation sites is 1. The Kier molecular flexibility index (Phi) is 9.30. The van der Waals surface area contributed by atoms with E-state index in [-0.39, 0.29) is 11.9 Å². The van der Waals surface area contributed by atoms with Gasteiger partial charge in [-0.05, 0) is 0 Å². The fourth-order valence-corrected chi connectivity index (χ4v) is 11.0. The molecule has 11 nitrogen and oxygen atoms in total. The third-order valence-electron chi connectivity index (χ3n) is 5.28. The Morgan fingerprint density at radius 1 is 1.28 bits per heavy atom. The Morgan fingerprint density at radius 3 is 2.56 bits per heavy atom. The molecular weight excluding hydrogens is 578 g/mol. The standard InChI is InChI=1S/C22H29AsClN2O9P/c1-13(2)33-19(29)14(3)23-36(31,35-15-8-6-5-7-9-15)32-12-16-18(28)22(4,24)20(34-16)26-17(27)10-11-25-21(26)30/h5-11,13-14,16,18,20,23,28H,12H2,1-4H3,(H,25,30)/t14-,16-,18-,20-,22-,36?/m1/s1. The molecule has 2 unspecified atom stereocenters. The van der Waals surface area contributed by atoms with Crippen LogP contribution in [0.2, 0.25) is 4.71 Å². The van der Waals surface area contributed by atoms with Gasteiger partial charge in [0.15, 0.2) is 0 Å². The van der Waals surface area contributed by atoms with Crippen molar-refractivity contribution in [3.63, 3.8) is 0 Å². The number of carbonyl (C=O) groups excluding carboxylic acids is 1.